The highest BCUT2D eigenvalue weighted by Gasteiger charge is 2.06. The van der Waals surface area contributed by atoms with Crippen molar-refractivity contribution in [2.75, 3.05) is 18.9 Å². The standard InChI is InChI=1S/C15H15N3O2S/c16-14-12-6-9-21-15(12)18-13(17-14)10-19-7-8-20-11-4-2-1-3-5-11/h1-6,9H,7-8,10H2,(H2,16,17,18). The minimum absolute atomic E-state index is 0.330. The Morgan fingerprint density at radius 2 is 1.90 bits per heavy atom. The van der Waals surface area contributed by atoms with Gasteiger partial charge in [-0.25, -0.2) is 9.97 Å². The van der Waals surface area contributed by atoms with Crippen molar-refractivity contribution in [1.29, 1.82) is 0 Å². The van der Waals surface area contributed by atoms with E-state index in [1.807, 2.05) is 41.8 Å². The van der Waals surface area contributed by atoms with Crippen molar-refractivity contribution in [1.82, 2.24) is 9.97 Å². The molecule has 3 aromatic rings. The lowest BCUT2D eigenvalue weighted by atomic mass is 10.3. The van der Waals surface area contributed by atoms with Gasteiger partial charge in [0.1, 0.15) is 29.6 Å². The molecule has 0 bridgehead atoms. The fraction of sp³-hybridized carbons (Fsp3) is 0.200. The van der Waals surface area contributed by atoms with E-state index < -0.39 is 0 Å². The third-order valence-electron chi connectivity index (χ3n) is 2.87. The van der Waals surface area contributed by atoms with Crippen LogP contribution in [0.2, 0.25) is 0 Å². The average molecular weight is 301 g/mol. The van der Waals surface area contributed by atoms with Crippen molar-refractivity contribution < 1.29 is 9.47 Å². The average Bonchev–Trinajstić information content (AvgIpc) is 2.97. The van der Waals surface area contributed by atoms with E-state index in [9.17, 15) is 0 Å². The minimum atomic E-state index is 0.330. The Labute approximate surface area is 126 Å². The molecule has 0 saturated heterocycles. The molecule has 0 atom stereocenters. The number of nitrogens with two attached hydrogens (primary N) is 1. The zero-order valence-corrected chi connectivity index (χ0v) is 12.2. The van der Waals surface area contributed by atoms with Crippen LogP contribution in [-0.2, 0) is 11.3 Å². The predicted molar refractivity (Wildman–Crippen MR) is 83.4 cm³/mol. The van der Waals surface area contributed by atoms with Crippen LogP contribution >= 0.6 is 11.3 Å². The Morgan fingerprint density at radius 3 is 2.76 bits per heavy atom. The zero-order chi connectivity index (χ0) is 14.5. The van der Waals surface area contributed by atoms with Crippen molar-refractivity contribution >= 4 is 27.4 Å². The number of anilines is 1. The second-order valence-electron chi connectivity index (χ2n) is 4.38. The number of benzene rings is 1. The molecule has 108 valence electrons. The minimum Gasteiger partial charge on any atom is -0.491 e. The van der Waals surface area contributed by atoms with E-state index in [0.717, 1.165) is 16.0 Å². The molecule has 0 fully saturated rings. The van der Waals surface area contributed by atoms with Gasteiger partial charge in [-0.2, -0.15) is 0 Å². The molecule has 0 spiro atoms. The molecule has 0 saturated carbocycles. The highest BCUT2D eigenvalue weighted by molar-refractivity contribution is 7.16. The smallest absolute Gasteiger partial charge is 0.158 e. The molecular weight excluding hydrogens is 286 g/mol. The zero-order valence-electron chi connectivity index (χ0n) is 11.4. The lowest BCUT2D eigenvalue weighted by Crippen LogP contribution is -2.08. The van der Waals surface area contributed by atoms with Crippen LogP contribution in [0.25, 0.3) is 10.2 Å². The number of hydrogen-bond acceptors (Lipinski definition) is 6. The molecule has 5 nitrogen and oxygen atoms in total. The van der Waals surface area contributed by atoms with Crippen molar-refractivity contribution in [3.05, 3.63) is 47.6 Å². The maximum atomic E-state index is 5.88. The largest absolute Gasteiger partial charge is 0.491 e. The second-order valence-corrected chi connectivity index (χ2v) is 5.27. The highest BCUT2D eigenvalue weighted by atomic mass is 32.1. The van der Waals surface area contributed by atoms with Gasteiger partial charge in [-0.3, -0.25) is 0 Å². The lowest BCUT2D eigenvalue weighted by molar-refractivity contribution is 0.0850. The third-order valence-corrected chi connectivity index (χ3v) is 3.68. The molecule has 0 radical (unpaired) electrons. The van der Waals surface area contributed by atoms with Crippen LogP contribution in [0.1, 0.15) is 5.82 Å². The predicted octanol–water partition coefficient (Wildman–Crippen LogP) is 2.87. The number of nitrogens with zero attached hydrogens (tertiary/aromatic N) is 2. The summed E-state index contributed by atoms with van der Waals surface area (Å²) in [7, 11) is 0. The van der Waals surface area contributed by atoms with Gasteiger partial charge in [-0.15, -0.1) is 11.3 Å². The van der Waals surface area contributed by atoms with Gasteiger partial charge in [0.25, 0.3) is 0 Å². The Balaban J connectivity index is 1.48. The van der Waals surface area contributed by atoms with Crippen LogP contribution < -0.4 is 10.5 Å². The van der Waals surface area contributed by atoms with Gasteiger partial charge in [0.2, 0.25) is 0 Å². The van der Waals surface area contributed by atoms with Crippen molar-refractivity contribution in [3.63, 3.8) is 0 Å². The van der Waals surface area contributed by atoms with Crippen LogP contribution in [0.4, 0.5) is 5.82 Å². The SMILES string of the molecule is Nc1nc(COCCOc2ccccc2)nc2sccc12. The second kappa shape index (κ2) is 6.51. The number of para-hydroxylation sites is 1. The van der Waals surface area contributed by atoms with Gasteiger partial charge in [0, 0.05) is 0 Å². The van der Waals surface area contributed by atoms with Crippen molar-refractivity contribution in [2.24, 2.45) is 0 Å². The normalized spacial score (nSPS) is 10.9. The summed E-state index contributed by atoms with van der Waals surface area (Å²) in [6, 6.07) is 11.6. The maximum Gasteiger partial charge on any atom is 0.158 e. The van der Waals surface area contributed by atoms with E-state index in [0.29, 0.717) is 31.5 Å². The molecule has 1 aromatic carbocycles. The van der Waals surface area contributed by atoms with E-state index in [1.165, 1.54) is 0 Å². The van der Waals surface area contributed by atoms with Crippen molar-refractivity contribution in [2.45, 2.75) is 6.61 Å². The molecular formula is C15H15N3O2S. The van der Waals surface area contributed by atoms with Crippen LogP contribution in [0.3, 0.4) is 0 Å². The molecule has 21 heavy (non-hydrogen) atoms. The fourth-order valence-corrected chi connectivity index (χ4v) is 2.68. The molecule has 0 amide bonds. The molecule has 3 rings (SSSR count). The number of nitrogen functional groups attached to an aromatic ring is 1. The van der Waals surface area contributed by atoms with E-state index >= 15 is 0 Å². The molecule has 0 aliphatic rings. The van der Waals surface area contributed by atoms with Gasteiger partial charge in [0.15, 0.2) is 5.82 Å². The van der Waals surface area contributed by atoms with E-state index in [-0.39, 0.29) is 0 Å². The summed E-state index contributed by atoms with van der Waals surface area (Å²) < 4.78 is 11.1. The van der Waals surface area contributed by atoms with Crippen LogP contribution in [0.5, 0.6) is 5.75 Å². The number of ether oxygens (including phenoxy) is 2. The first-order valence-corrected chi connectivity index (χ1v) is 7.46. The third kappa shape index (κ3) is 3.48. The Kier molecular flexibility index (Phi) is 4.28. The Morgan fingerprint density at radius 1 is 1.05 bits per heavy atom. The summed E-state index contributed by atoms with van der Waals surface area (Å²) in [4.78, 5) is 9.54. The molecule has 0 aliphatic carbocycles. The van der Waals surface area contributed by atoms with E-state index in [4.69, 9.17) is 15.2 Å². The molecule has 6 heteroatoms. The van der Waals surface area contributed by atoms with E-state index in [1.54, 1.807) is 11.3 Å². The number of rotatable bonds is 6. The molecule has 2 N–H and O–H groups in total. The molecule has 0 unspecified atom stereocenters. The topological polar surface area (TPSA) is 70.3 Å². The molecule has 2 heterocycles. The Bertz CT molecular complexity index is 715. The lowest BCUT2D eigenvalue weighted by Gasteiger charge is -2.07. The van der Waals surface area contributed by atoms with Crippen LogP contribution in [-0.4, -0.2) is 23.2 Å². The van der Waals surface area contributed by atoms with Gasteiger partial charge in [-0.1, -0.05) is 18.2 Å². The van der Waals surface area contributed by atoms with Gasteiger partial charge in [0.05, 0.1) is 12.0 Å². The molecule has 2 aromatic heterocycles. The first-order chi connectivity index (χ1) is 10.3. The number of hydrogen-bond donors (Lipinski definition) is 1. The van der Waals surface area contributed by atoms with Gasteiger partial charge >= 0.3 is 0 Å². The summed E-state index contributed by atoms with van der Waals surface area (Å²) in [5, 5.41) is 2.85. The first-order valence-electron chi connectivity index (χ1n) is 6.58. The highest BCUT2D eigenvalue weighted by Crippen LogP contribution is 2.22. The summed E-state index contributed by atoms with van der Waals surface area (Å²) in [5.41, 5.74) is 5.88. The van der Waals surface area contributed by atoms with E-state index in [2.05, 4.69) is 9.97 Å². The quantitative estimate of drug-likeness (QED) is 0.709. The number of aromatic nitrogens is 2. The van der Waals surface area contributed by atoms with Crippen molar-refractivity contribution in [3.8, 4) is 5.75 Å². The summed E-state index contributed by atoms with van der Waals surface area (Å²) in [6.45, 7) is 1.29. The summed E-state index contributed by atoms with van der Waals surface area (Å²) >= 11 is 1.55. The monoisotopic (exact) mass is 301 g/mol. The van der Waals surface area contributed by atoms with Crippen LogP contribution in [0.15, 0.2) is 41.8 Å². The fourth-order valence-electron chi connectivity index (χ4n) is 1.89. The summed E-state index contributed by atoms with van der Waals surface area (Å²) in [5.74, 6) is 1.93. The van der Waals surface area contributed by atoms with Crippen LogP contribution in [0, 0.1) is 0 Å². The number of thiophene rings is 1. The Hall–Kier alpha value is -2.18. The van der Waals surface area contributed by atoms with Gasteiger partial charge in [-0.05, 0) is 23.6 Å². The van der Waals surface area contributed by atoms with Gasteiger partial charge < -0.3 is 15.2 Å². The first kappa shape index (κ1) is 13.8. The maximum absolute atomic E-state index is 5.88. The number of fused-ring (bicyclic) bond motifs is 1. The molecule has 0 aliphatic heterocycles. The summed E-state index contributed by atoms with van der Waals surface area (Å²) in [6.07, 6.45) is 0.